The summed E-state index contributed by atoms with van der Waals surface area (Å²) in [5, 5.41) is 5.05. The molecule has 0 bridgehead atoms. The van der Waals surface area contributed by atoms with E-state index in [1.807, 2.05) is 0 Å². The molecule has 248 valence electrons. The van der Waals surface area contributed by atoms with E-state index in [9.17, 15) is 0 Å². The average molecular weight is 667 g/mol. The number of para-hydroxylation sites is 4. The van der Waals surface area contributed by atoms with Gasteiger partial charge in [-0.25, -0.2) is 0 Å². The van der Waals surface area contributed by atoms with Crippen LogP contribution >= 0.6 is 0 Å². The molecule has 1 aliphatic carbocycles. The highest BCUT2D eigenvalue weighted by atomic mass is 15.2. The molecule has 0 saturated carbocycles. The van der Waals surface area contributed by atoms with Gasteiger partial charge in [0.15, 0.2) is 0 Å². The second-order valence-electron chi connectivity index (χ2n) is 13.3. The van der Waals surface area contributed by atoms with Crippen molar-refractivity contribution in [2.45, 2.75) is 12.5 Å². The smallest absolute Gasteiger partial charge is 0.0566 e. The number of benzene rings is 8. The van der Waals surface area contributed by atoms with E-state index >= 15 is 0 Å². The lowest BCUT2D eigenvalue weighted by molar-refractivity contribution is 0.838. The monoisotopic (exact) mass is 666 g/mol. The molecule has 9 rings (SSSR count). The maximum absolute atomic E-state index is 2.53. The fourth-order valence-electron chi connectivity index (χ4n) is 7.86. The van der Waals surface area contributed by atoms with Gasteiger partial charge in [-0.1, -0.05) is 152 Å². The maximum Gasteiger partial charge on any atom is 0.0566 e. The zero-order valence-corrected chi connectivity index (χ0v) is 28.9. The first kappa shape index (κ1) is 31.3. The molecular weight excluding hydrogens is 629 g/mol. The highest BCUT2D eigenvalue weighted by molar-refractivity contribution is 6.08. The molecule has 0 spiro atoms. The van der Waals surface area contributed by atoms with Crippen LogP contribution in [0.2, 0.25) is 0 Å². The van der Waals surface area contributed by atoms with Crippen LogP contribution in [0.4, 0.5) is 28.4 Å². The highest BCUT2D eigenvalue weighted by Gasteiger charge is 2.24. The van der Waals surface area contributed by atoms with Gasteiger partial charge in [-0.2, -0.15) is 0 Å². The minimum atomic E-state index is 0.117. The first-order valence-corrected chi connectivity index (χ1v) is 18.1. The van der Waals surface area contributed by atoms with Crippen LogP contribution in [0.15, 0.2) is 200 Å². The Balaban J connectivity index is 1.35. The Kier molecular flexibility index (Phi) is 8.40. The molecule has 1 atom stereocenters. The van der Waals surface area contributed by atoms with Crippen molar-refractivity contribution in [1.29, 1.82) is 0 Å². The first-order chi connectivity index (χ1) is 25.8. The zero-order valence-electron chi connectivity index (χ0n) is 28.9. The van der Waals surface area contributed by atoms with Crippen LogP contribution in [0.25, 0.3) is 45.2 Å². The van der Waals surface area contributed by atoms with Crippen LogP contribution < -0.4 is 20.2 Å². The van der Waals surface area contributed by atoms with Gasteiger partial charge in [0.05, 0.1) is 6.04 Å². The summed E-state index contributed by atoms with van der Waals surface area (Å²) in [5.74, 6) is 0. The Labute approximate surface area is 305 Å². The minimum Gasteiger partial charge on any atom is -0.334 e. The van der Waals surface area contributed by atoms with Gasteiger partial charge < -0.3 is 9.80 Å². The predicted molar refractivity (Wildman–Crippen MR) is 221 cm³/mol. The molecular formula is C50H38N2. The molecule has 0 N–H and O–H groups in total. The highest BCUT2D eigenvalue weighted by Crippen LogP contribution is 2.40. The maximum atomic E-state index is 2.53. The molecule has 0 fully saturated rings. The van der Waals surface area contributed by atoms with Crippen LogP contribution in [-0.4, -0.2) is 6.04 Å². The Morgan fingerprint density at radius 1 is 0.365 bits per heavy atom. The third-order valence-corrected chi connectivity index (χ3v) is 10.1. The third kappa shape index (κ3) is 5.85. The van der Waals surface area contributed by atoms with Crippen LogP contribution in [0.5, 0.6) is 0 Å². The molecule has 2 nitrogen and oxygen atoms in total. The summed E-state index contributed by atoms with van der Waals surface area (Å²) < 4.78 is 0. The summed E-state index contributed by atoms with van der Waals surface area (Å²) in [6.45, 7) is 0. The molecule has 0 saturated heterocycles. The third-order valence-electron chi connectivity index (χ3n) is 10.1. The van der Waals surface area contributed by atoms with E-state index in [2.05, 4.69) is 222 Å². The van der Waals surface area contributed by atoms with Crippen LogP contribution in [-0.2, 0) is 0 Å². The van der Waals surface area contributed by atoms with Gasteiger partial charge in [0.25, 0.3) is 0 Å². The second-order valence-corrected chi connectivity index (χ2v) is 13.3. The molecule has 0 amide bonds. The summed E-state index contributed by atoms with van der Waals surface area (Å²) >= 11 is 0. The zero-order chi connectivity index (χ0) is 34.7. The molecule has 1 aliphatic rings. The van der Waals surface area contributed by atoms with Crippen LogP contribution in [0.3, 0.4) is 0 Å². The van der Waals surface area contributed by atoms with Crippen molar-refractivity contribution in [2.75, 3.05) is 9.80 Å². The van der Waals surface area contributed by atoms with Crippen molar-refractivity contribution >= 4 is 51.4 Å². The van der Waals surface area contributed by atoms with Crippen molar-refractivity contribution in [3.05, 3.63) is 211 Å². The number of nitrogens with zero attached hydrogens (tertiary/aromatic N) is 2. The first-order valence-electron chi connectivity index (χ1n) is 18.1. The van der Waals surface area contributed by atoms with E-state index in [4.69, 9.17) is 0 Å². The molecule has 8 aromatic carbocycles. The molecule has 0 radical (unpaired) electrons. The lowest BCUT2D eigenvalue weighted by Crippen LogP contribution is -2.40. The van der Waals surface area contributed by atoms with Gasteiger partial charge in [-0.05, 0) is 111 Å². The average Bonchev–Trinajstić information content (AvgIpc) is 3.22. The minimum absolute atomic E-state index is 0.117. The summed E-state index contributed by atoms with van der Waals surface area (Å²) in [5.41, 5.74) is 10.7. The summed E-state index contributed by atoms with van der Waals surface area (Å²) in [6, 6.07) is 72.0. The lowest BCUT2D eigenvalue weighted by Gasteiger charge is -2.33. The van der Waals surface area contributed by atoms with Gasteiger partial charge in [-0.15, -0.1) is 0 Å². The summed E-state index contributed by atoms with van der Waals surface area (Å²) in [7, 11) is 0. The van der Waals surface area contributed by atoms with E-state index < -0.39 is 0 Å². The SMILES string of the molecule is C1=c2c(-c3ccccc3)c3ccc(N(c4ccccc4)c4ccccc4)cc3c(-c3ccccc3)c2=CCC1N(c1ccccc1)c1ccccc1. The van der Waals surface area contributed by atoms with Crippen molar-refractivity contribution in [3.8, 4) is 22.3 Å². The summed E-state index contributed by atoms with van der Waals surface area (Å²) in [6.07, 6.45) is 5.89. The fraction of sp³-hybridized carbons (Fsp3) is 0.0400. The second kappa shape index (κ2) is 13.9. The van der Waals surface area contributed by atoms with E-state index in [1.54, 1.807) is 0 Å². The van der Waals surface area contributed by atoms with Gasteiger partial charge >= 0.3 is 0 Å². The standard InChI is InChI=1S/C50H38N2/c1-7-19-37(20-8-1)49-45-33-31-44(52(41-27-15-5-16-28-41)42-29-17-6-18-30-42)36-48(45)50(38-21-9-2-10-22-38)46-34-32-43(35-47(46)49)51(39-23-11-3-12-24-39)40-25-13-4-14-26-40/h1-31,33-36,43H,32H2. The van der Waals surface area contributed by atoms with Crippen molar-refractivity contribution < 1.29 is 0 Å². The molecule has 0 heterocycles. The van der Waals surface area contributed by atoms with Gasteiger partial charge in [0.2, 0.25) is 0 Å². The van der Waals surface area contributed by atoms with E-state index in [1.165, 1.54) is 54.8 Å². The van der Waals surface area contributed by atoms with E-state index in [-0.39, 0.29) is 6.04 Å². The lowest BCUT2D eigenvalue weighted by atomic mass is 9.85. The van der Waals surface area contributed by atoms with Crippen molar-refractivity contribution in [2.24, 2.45) is 0 Å². The number of fused-ring (bicyclic) bond motifs is 2. The number of rotatable bonds is 8. The van der Waals surface area contributed by atoms with Crippen LogP contribution in [0.1, 0.15) is 6.42 Å². The predicted octanol–water partition coefficient (Wildman–Crippen LogP) is 11.8. The summed E-state index contributed by atoms with van der Waals surface area (Å²) in [4.78, 5) is 4.85. The largest absolute Gasteiger partial charge is 0.334 e. The van der Waals surface area contributed by atoms with E-state index in [0.717, 1.165) is 23.5 Å². The molecule has 8 aromatic rings. The molecule has 52 heavy (non-hydrogen) atoms. The molecule has 0 aromatic heterocycles. The van der Waals surface area contributed by atoms with Crippen molar-refractivity contribution in [1.82, 2.24) is 0 Å². The number of hydrogen-bond acceptors (Lipinski definition) is 2. The number of anilines is 5. The van der Waals surface area contributed by atoms with Gasteiger partial charge in [0.1, 0.15) is 0 Å². The number of hydrogen-bond donors (Lipinski definition) is 0. The fourth-order valence-corrected chi connectivity index (χ4v) is 7.86. The Bertz CT molecular complexity index is 2490. The van der Waals surface area contributed by atoms with Gasteiger partial charge in [0, 0.05) is 28.4 Å². The Morgan fingerprint density at radius 3 is 1.27 bits per heavy atom. The van der Waals surface area contributed by atoms with E-state index in [0.29, 0.717) is 0 Å². The Hall–Kier alpha value is -6.64. The van der Waals surface area contributed by atoms with Gasteiger partial charge in [-0.3, -0.25) is 0 Å². The topological polar surface area (TPSA) is 6.48 Å². The van der Waals surface area contributed by atoms with Crippen LogP contribution in [0, 0.1) is 0 Å². The molecule has 2 heteroatoms. The quantitative estimate of drug-likeness (QED) is 0.159. The normalized spacial score (nSPS) is 13.4. The van der Waals surface area contributed by atoms with Crippen molar-refractivity contribution in [3.63, 3.8) is 0 Å². The molecule has 1 unspecified atom stereocenters. The molecule has 0 aliphatic heterocycles. The Morgan fingerprint density at radius 2 is 0.788 bits per heavy atom.